The SMILES string of the molecule is Cc1oc(CN)cc1CN1CCC(C(C)C)C1. The second-order valence-electron chi connectivity index (χ2n) is 5.53. The van der Waals surface area contributed by atoms with Crippen molar-refractivity contribution in [1.82, 2.24) is 4.90 Å². The van der Waals surface area contributed by atoms with Crippen molar-refractivity contribution in [1.29, 1.82) is 0 Å². The Bertz CT molecular complexity index is 370. The van der Waals surface area contributed by atoms with E-state index in [1.165, 1.54) is 25.1 Å². The third-order valence-corrected chi connectivity index (χ3v) is 3.92. The molecule has 1 saturated heterocycles. The lowest BCUT2D eigenvalue weighted by Gasteiger charge is -2.17. The highest BCUT2D eigenvalue weighted by Crippen LogP contribution is 2.26. The molecule has 0 bridgehead atoms. The average molecular weight is 236 g/mol. The van der Waals surface area contributed by atoms with Crippen molar-refractivity contribution in [2.45, 2.75) is 40.3 Å². The zero-order valence-corrected chi connectivity index (χ0v) is 11.2. The molecule has 1 aromatic heterocycles. The summed E-state index contributed by atoms with van der Waals surface area (Å²) in [4.78, 5) is 2.53. The third kappa shape index (κ3) is 2.90. The lowest BCUT2D eigenvalue weighted by Crippen LogP contribution is -2.21. The van der Waals surface area contributed by atoms with Crippen LogP contribution < -0.4 is 5.73 Å². The minimum Gasteiger partial charge on any atom is -0.465 e. The Hall–Kier alpha value is -0.800. The van der Waals surface area contributed by atoms with Crippen LogP contribution in [0.25, 0.3) is 0 Å². The molecule has 3 heteroatoms. The number of aryl methyl sites for hydroxylation is 1. The van der Waals surface area contributed by atoms with Gasteiger partial charge in [0.25, 0.3) is 0 Å². The van der Waals surface area contributed by atoms with Gasteiger partial charge in [-0.1, -0.05) is 13.8 Å². The fourth-order valence-corrected chi connectivity index (χ4v) is 2.64. The molecular formula is C14H24N2O. The molecule has 96 valence electrons. The van der Waals surface area contributed by atoms with E-state index in [4.69, 9.17) is 10.2 Å². The number of hydrogen-bond acceptors (Lipinski definition) is 3. The Morgan fingerprint density at radius 1 is 1.53 bits per heavy atom. The van der Waals surface area contributed by atoms with Crippen LogP contribution in [0.1, 0.15) is 37.4 Å². The van der Waals surface area contributed by atoms with Crippen LogP contribution in [0, 0.1) is 18.8 Å². The molecule has 1 fully saturated rings. The molecule has 2 N–H and O–H groups in total. The Balaban J connectivity index is 1.95. The van der Waals surface area contributed by atoms with Gasteiger partial charge in [0.15, 0.2) is 0 Å². The number of furan rings is 1. The molecule has 0 aliphatic carbocycles. The maximum absolute atomic E-state index is 5.60. The molecule has 1 aliphatic heterocycles. The van der Waals surface area contributed by atoms with Gasteiger partial charge in [0.1, 0.15) is 11.5 Å². The lowest BCUT2D eigenvalue weighted by molar-refractivity contribution is 0.295. The van der Waals surface area contributed by atoms with E-state index >= 15 is 0 Å². The van der Waals surface area contributed by atoms with Crippen LogP contribution in [0.5, 0.6) is 0 Å². The fourth-order valence-electron chi connectivity index (χ4n) is 2.64. The monoisotopic (exact) mass is 236 g/mol. The van der Waals surface area contributed by atoms with E-state index in [1.807, 2.05) is 6.92 Å². The van der Waals surface area contributed by atoms with Gasteiger partial charge in [-0.05, 0) is 37.8 Å². The van der Waals surface area contributed by atoms with Gasteiger partial charge in [0.05, 0.1) is 6.54 Å². The first-order valence-corrected chi connectivity index (χ1v) is 6.60. The highest BCUT2D eigenvalue weighted by Gasteiger charge is 2.25. The van der Waals surface area contributed by atoms with Crippen molar-refractivity contribution < 1.29 is 4.42 Å². The van der Waals surface area contributed by atoms with Gasteiger partial charge in [-0.2, -0.15) is 0 Å². The zero-order valence-electron chi connectivity index (χ0n) is 11.2. The van der Waals surface area contributed by atoms with Crippen LogP contribution in [-0.2, 0) is 13.1 Å². The maximum Gasteiger partial charge on any atom is 0.118 e. The quantitative estimate of drug-likeness (QED) is 0.873. The predicted octanol–water partition coefficient (Wildman–Crippen LogP) is 2.52. The molecule has 1 atom stereocenters. The molecule has 0 spiro atoms. The predicted molar refractivity (Wildman–Crippen MR) is 69.6 cm³/mol. The van der Waals surface area contributed by atoms with Gasteiger partial charge in [-0.3, -0.25) is 4.90 Å². The van der Waals surface area contributed by atoms with Crippen LogP contribution in [0.15, 0.2) is 10.5 Å². The molecule has 1 aliphatic rings. The summed E-state index contributed by atoms with van der Waals surface area (Å²) >= 11 is 0. The molecular weight excluding hydrogens is 212 g/mol. The normalized spacial score (nSPS) is 21.6. The number of nitrogens with zero attached hydrogens (tertiary/aromatic N) is 1. The Kier molecular flexibility index (Phi) is 3.89. The van der Waals surface area contributed by atoms with Crippen LogP contribution in [0.3, 0.4) is 0 Å². The van der Waals surface area contributed by atoms with Crippen molar-refractivity contribution in [3.05, 3.63) is 23.2 Å². The molecule has 1 unspecified atom stereocenters. The number of nitrogens with two attached hydrogens (primary N) is 1. The number of rotatable bonds is 4. The molecule has 1 aromatic rings. The van der Waals surface area contributed by atoms with E-state index in [2.05, 4.69) is 24.8 Å². The summed E-state index contributed by atoms with van der Waals surface area (Å²) in [6.45, 7) is 10.6. The van der Waals surface area contributed by atoms with Crippen LogP contribution in [0.4, 0.5) is 0 Å². The van der Waals surface area contributed by atoms with E-state index in [9.17, 15) is 0 Å². The molecule has 2 heterocycles. The van der Waals surface area contributed by atoms with Gasteiger partial charge in [0.2, 0.25) is 0 Å². The van der Waals surface area contributed by atoms with Crippen molar-refractivity contribution in [3.63, 3.8) is 0 Å². The first-order chi connectivity index (χ1) is 8.10. The van der Waals surface area contributed by atoms with Gasteiger partial charge < -0.3 is 10.2 Å². The largest absolute Gasteiger partial charge is 0.465 e. The van der Waals surface area contributed by atoms with E-state index in [-0.39, 0.29) is 0 Å². The van der Waals surface area contributed by atoms with E-state index in [0.29, 0.717) is 6.54 Å². The summed E-state index contributed by atoms with van der Waals surface area (Å²) in [5.74, 6) is 3.58. The zero-order chi connectivity index (χ0) is 12.4. The number of likely N-dealkylation sites (tertiary alicyclic amines) is 1. The molecule has 0 saturated carbocycles. The van der Waals surface area contributed by atoms with Gasteiger partial charge in [-0.25, -0.2) is 0 Å². The third-order valence-electron chi connectivity index (χ3n) is 3.92. The van der Waals surface area contributed by atoms with E-state index in [1.54, 1.807) is 0 Å². The standard InChI is InChI=1S/C14H24N2O/c1-10(2)12-4-5-16(8-12)9-13-6-14(7-15)17-11(13)3/h6,10,12H,4-5,7-9,15H2,1-3H3. The smallest absolute Gasteiger partial charge is 0.118 e. The summed E-state index contributed by atoms with van der Waals surface area (Å²) in [5, 5.41) is 0. The average Bonchev–Trinajstić information content (AvgIpc) is 2.87. The second-order valence-corrected chi connectivity index (χ2v) is 5.53. The summed E-state index contributed by atoms with van der Waals surface area (Å²) in [7, 11) is 0. The minimum absolute atomic E-state index is 0.495. The highest BCUT2D eigenvalue weighted by molar-refractivity contribution is 5.20. The minimum atomic E-state index is 0.495. The van der Waals surface area contributed by atoms with E-state index in [0.717, 1.165) is 29.9 Å². The first-order valence-electron chi connectivity index (χ1n) is 6.60. The fraction of sp³-hybridized carbons (Fsp3) is 0.714. The Morgan fingerprint density at radius 3 is 2.82 bits per heavy atom. The maximum atomic E-state index is 5.60. The van der Waals surface area contributed by atoms with Crippen LogP contribution in [-0.4, -0.2) is 18.0 Å². The molecule has 3 nitrogen and oxygen atoms in total. The summed E-state index contributed by atoms with van der Waals surface area (Å²) in [6, 6.07) is 2.11. The molecule has 0 amide bonds. The van der Waals surface area contributed by atoms with E-state index < -0.39 is 0 Å². The molecule has 0 radical (unpaired) electrons. The summed E-state index contributed by atoms with van der Waals surface area (Å²) in [6.07, 6.45) is 1.33. The molecule has 0 aromatic carbocycles. The molecule has 2 rings (SSSR count). The van der Waals surface area contributed by atoms with Crippen molar-refractivity contribution in [2.24, 2.45) is 17.6 Å². The van der Waals surface area contributed by atoms with Gasteiger partial charge in [-0.15, -0.1) is 0 Å². The summed E-state index contributed by atoms with van der Waals surface area (Å²) in [5.41, 5.74) is 6.90. The van der Waals surface area contributed by atoms with Gasteiger partial charge in [0, 0.05) is 18.7 Å². The number of hydrogen-bond donors (Lipinski definition) is 1. The summed E-state index contributed by atoms with van der Waals surface area (Å²) < 4.78 is 5.60. The van der Waals surface area contributed by atoms with Crippen LogP contribution >= 0.6 is 0 Å². The Morgan fingerprint density at radius 2 is 2.29 bits per heavy atom. The molecule has 17 heavy (non-hydrogen) atoms. The second kappa shape index (κ2) is 5.23. The Labute approximate surface area is 104 Å². The lowest BCUT2D eigenvalue weighted by atomic mass is 9.95. The van der Waals surface area contributed by atoms with Crippen molar-refractivity contribution in [2.75, 3.05) is 13.1 Å². The first kappa shape index (κ1) is 12.7. The van der Waals surface area contributed by atoms with Crippen molar-refractivity contribution in [3.8, 4) is 0 Å². The van der Waals surface area contributed by atoms with Crippen LogP contribution in [0.2, 0.25) is 0 Å². The topological polar surface area (TPSA) is 42.4 Å². The van der Waals surface area contributed by atoms with Crippen molar-refractivity contribution >= 4 is 0 Å². The highest BCUT2D eigenvalue weighted by atomic mass is 16.3. The van der Waals surface area contributed by atoms with Gasteiger partial charge >= 0.3 is 0 Å².